The highest BCUT2D eigenvalue weighted by Crippen LogP contribution is 2.37. The van der Waals surface area contributed by atoms with Crippen LogP contribution in [0.25, 0.3) is 0 Å². The molecule has 2 aliphatic rings. The summed E-state index contributed by atoms with van der Waals surface area (Å²) in [5.74, 6) is 0.290. The topological polar surface area (TPSA) is 56.8 Å². The lowest BCUT2D eigenvalue weighted by Crippen LogP contribution is -2.64. The Balaban J connectivity index is 1.79. The van der Waals surface area contributed by atoms with Crippen molar-refractivity contribution in [3.63, 3.8) is 0 Å². The fourth-order valence-electron chi connectivity index (χ4n) is 4.15. The molecule has 0 N–H and O–H groups in total. The lowest BCUT2D eigenvalue weighted by atomic mass is 9.79. The van der Waals surface area contributed by atoms with Crippen LogP contribution in [0.4, 0.5) is 0 Å². The maximum atomic E-state index is 12.9. The van der Waals surface area contributed by atoms with Gasteiger partial charge in [-0.3, -0.25) is 14.6 Å². The summed E-state index contributed by atoms with van der Waals surface area (Å²) in [5.41, 5.74) is 0.487. The zero-order valence-electron chi connectivity index (χ0n) is 15.3. The van der Waals surface area contributed by atoms with Crippen LogP contribution in [-0.4, -0.2) is 77.3 Å². The lowest BCUT2D eigenvalue weighted by molar-refractivity contribution is -0.145. The molecule has 0 bridgehead atoms. The fourth-order valence-corrected chi connectivity index (χ4v) is 4.15. The first-order valence-corrected chi connectivity index (χ1v) is 9.16. The maximum absolute atomic E-state index is 12.9. The van der Waals surface area contributed by atoms with E-state index in [-0.39, 0.29) is 17.4 Å². The second-order valence-corrected chi connectivity index (χ2v) is 7.49. The predicted octanol–water partition coefficient (Wildman–Crippen LogP) is 1.63. The standard InChI is InChI=1S/C19H28N4O2/c1-21(2)13-14-23-17(24)5-3-8-19(23)9-4-12-22(15-19)18(25)16-6-10-20-11-7-16/h6-7,10-11H,3-5,8-9,12-15H2,1-2H3/t19-/m1/s1. The number of hydrogen-bond donors (Lipinski definition) is 0. The van der Waals surface area contributed by atoms with Gasteiger partial charge in [0.1, 0.15) is 0 Å². The van der Waals surface area contributed by atoms with Gasteiger partial charge >= 0.3 is 0 Å². The minimum atomic E-state index is -0.188. The second kappa shape index (κ2) is 7.52. The minimum absolute atomic E-state index is 0.0482. The van der Waals surface area contributed by atoms with Crippen molar-refractivity contribution in [1.29, 1.82) is 0 Å². The van der Waals surface area contributed by atoms with Crippen LogP contribution >= 0.6 is 0 Å². The van der Waals surface area contributed by atoms with Crippen molar-refractivity contribution in [2.75, 3.05) is 40.3 Å². The number of likely N-dealkylation sites (N-methyl/N-ethyl adjacent to an activating group) is 1. The number of hydrogen-bond acceptors (Lipinski definition) is 4. The number of rotatable bonds is 4. The lowest BCUT2D eigenvalue weighted by Gasteiger charge is -2.52. The maximum Gasteiger partial charge on any atom is 0.254 e. The molecule has 3 rings (SSSR count). The van der Waals surface area contributed by atoms with Crippen LogP contribution in [0, 0.1) is 0 Å². The average molecular weight is 344 g/mol. The molecule has 1 aromatic rings. The Morgan fingerprint density at radius 2 is 1.96 bits per heavy atom. The van der Waals surface area contributed by atoms with Crippen molar-refractivity contribution < 1.29 is 9.59 Å². The van der Waals surface area contributed by atoms with E-state index >= 15 is 0 Å². The number of carbonyl (C=O) groups is 2. The Kier molecular flexibility index (Phi) is 5.37. The summed E-state index contributed by atoms with van der Waals surface area (Å²) in [6, 6.07) is 3.53. The van der Waals surface area contributed by atoms with Crippen LogP contribution in [0.3, 0.4) is 0 Å². The summed E-state index contributed by atoms with van der Waals surface area (Å²) in [4.78, 5) is 35.6. The molecule has 3 heterocycles. The number of amides is 2. The molecule has 2 amide bonds. The van der Waals surface area contributed by atoms with E-state index in [4.69, 9.17) is 0 Å². The number of likely N-dealkylation sites (tertiary alicyclic amines) is 2. The van der Waals surface area contributed by atoms with Crippen LogP contribution in [-0.2, 0) is 4.79 Å². The van der Waals surface area contributed by atoms with Gasteiger partial charge in [0, 0.05) is 50.6 Å². The molecular formula is C19H28N4O2. The summed E-state index contributed by atoms with van der Waals surface area (Å²) >= 11 is 0. The number of pyridine rings is 1. The average Bonchev–Trinajstić information content (AvgIpc) is 2.61. The molecule has 2 fully saturated rings. The molecule has 6 nitrogen and oxygen atoms in total. The van der Waals surface area contributed by atoms with E-state index in [0.717, 1.165) is 45.3 Å². The summed E-state index contributed by atoms with van der Waals surface area (Å²) in [6.45, 7) is 3.00. The first-order valence-electron chi connectivity index (χ1n) is 9.16. The molecule has 0 saturated carbocycles. The number of piperidine rings is 2. The molecule has 25 heavy (non-hydrogen) atoms. The molecule has 136 valence electrons. The molecular weight excluding hydrogens is 316 g/mol. The molecule has 0 aliphatic carbocycles. The van der Waals surface area contributed by atoms with Gasteiger partial charge in [0.25, 0.3) is 5.91 Å². The van der Waals surface area contributed by atoms with Crippen molar-refractivity contribution in [3.8, 4) is 0 Å². The highest BCUT2D eigenvalue weighted by molar-refractivity contribution is 5.94. The quantitative estimate of drug-likeness (QED) is 0.833. The predicted molar refractivity (Wildman–Crippen MR) is 96.2 cm³/mol. The molecule has 1 atom stereocenters. The Morgan fingerprint density at radius 1 is 1.24 bits per heavy atom. The Bertz CT molecular complexity index is 615. The highest BCUT2D eigenvalue weighted by Gasteiger charge is 2.45. The third kappa shape index (κ3) is 3.84. The second-order valence-electron chi connectivity index (χ2n) is 7.49. The number of carbonyl (C=O) groups excluding carboxylic acids is 2. The van der Waals surface area contributed by atoms with Crippen LogP contribution in [0.5, 0.6) is 0 Å². The fraction of sp³-hybridized carbons (Fsp3) is 0.632. The van der Waals surface area contributed by atoms with E-state index in [9.17, 15) is 9.59 Å². The smallest absolute Gasteiger partial charge is 0.254 e. The van der Waals surface area contributed by atoms with Gasteiger partial charge in [0.2, 0.25) is 5.91 Å². The van der Waals surface area contributed by atoms with Gasteiger partial charge < -0.3 is 14.7 Å². The van der Waals surface area contributed by atoms with Crippen LogP contribution in [0.1, 0.15) is 42.5 Å². The molecule has 1 aromatic heterocycles. The third-order valence-electron chi connectivity index (χ3n) is 5.45. The van der Waals surface area contributed by atoms with Gasteiger partial charge in [-0.1, -0.05) is 0 Å². The SMILES string of the molecule is CN(C)CCN1C(=O)CCC[C@]12CCCN(C(=O)c1ccncc1)C2. The van der Waals surface area contributed by atoms with Gasteiger partial charge in [-0.05, 0) is 51.9 Å². The summed E-state index contributed by atoms with van der Waals surface area (Å²) in [7, 11) is 4.06. The number of aromatic nitrogens is 1. The van der Waals surface area contributed by atoms with Crippen molar-refractivity contribution in [3.05, 3.63) is 30.1 Å². The molecule has 0 radical (unpaired) electrons. The summed E-state index contributed by atoms with van der Waals surface area (Å²) in [5, 5.41) is 0. The van der Waals surface area contributed by atoms with Gasteiger partial charge in [0.05, 0.1) is 5.54 Å². The zero-order chi connectivity index (χ0) is 17.9. The van der Waals surface area contributed by atoms with Gasteiger partial charge in [-0.15, -0.1) is 0 Å². The highest BCUT2D eigenvalue weighted by atomic mass is 16.2. The van der Waals surface area contributed by atoms with Gasteiger partial charge in [-0.2, -0.15) is 0 Å². The number of nitrogens with zero attached hydrogens (tertiary/aromatic N) is 4. The summed E-state index contributed by atoms with van der Waals surface area (Å²) in [6.07, 6.45) is 7.80. The van der Waals surface area contributed by atoms with Gasteiger partial charge in [0.15, 0.2) is 0 Å². The van der Waals surface area contributed by atoms with Crippen molar-refractivity contribution >= 4 is 11.8 Å². The van der Waals surface area contributed by atoms with Crippen LogP contribution in [0.15, 0.2) is 24.5 Å². The van der Waals surface area contributed by atoms with E-state index in [0.29, 0.717) is 18.5 Å². The van der Waals surface area contributed by atoms with Crippen molar-refractivity contribution in [2.45, 2.75) is 37.6 Å². The van der Waals surface area contributed by atoms with Gasteiger partial charge in [-0.25, -0.2) is 0 Å². The monoisotopic (exact) mass is 344 g/mol. The normalized spacial score (nSPS) is 24.2. The van der Waals surface area contributed by atoms with E-state index in [1.54, 1.807) is 24.5 Å². The van der Waals surface area contributed by atoms with Crippen molar-refractivity contribution in [2.24, 2.45) is 0 Å². The van der Waals surface area contributed by atoms with E-state index in [1.807, 2.05) is 19.0 Å². The third-order valence-corrected chi connectivity index (χ3v) is 5.45. The molecule has 2 aliphatic heterocycles. The molecule has 1 spiro atoms. The van der Waals surface area contributed by atoms with E-state index in [2.05, 4.69) is 14.8 Å². The first-order chi connectivity index (χ1) is 12.0. The van der Waals surface area contributed by atoms with Crippen LogP contribution in [0.2, 0.25) is 0 Å². The molecule has 0 aromatic carbocycles. The van der Waals surface area contributed by atoms with Crippen LogP contribution < -0.4 is 0 Å². The van der Waals surface area contributed by atoms with E-state index < -0.39 is 0 Å². The molecule has 6 heteroatoms. The molecule has 0 unspecified atom stereocenters. The van der Waals surface area contributed by atoms with Crippen molar-refractivity contribution in [1.82, 2.24) is 19.7 Å². The van der Waals surface area contributed by atoms with E-state index in [1.165, 1.54) is 0 Å². The first kappa shape index (κ1) is 17.9. The minimum Gasteiger partial charge on any atom is -0.336 e. The zero-order valence-corrected chi connectivity index (χ0v) is 15.3. The Labute approximate surface area is 149 Å². The molecule has 2 saturated heterocycles. The largest absolute Gasteiger partial charge is 0.336 e. The summed E-state index contributed by atoms with van der Waals surface area (Å²) < 4.78 is 0. The Hall–Kier alpha value is -1.95. The Morgan fingerprint density at radius 3 is 2.68 bits per heavy atom.